The van der Waals surface area contributed by atoms with Crippen molar-refractivity contribution in [2.24, 2.45) is 0 Å². The lowest BCUT2D eigenvalue weighted by molar-refractivity contribution is 0.940. The molecule has 0 spiro atoms. The monoisotopic (exact) mass is 309 g/mol. The molecule has 3 aromatic rings. The molecule has 1 fully saturated rings. The van der Waals surface area contributed by atoms with Crippen molar-refractivity contribution in [1.29, 1.82) is 0 Å². The number of fused-ring (bicyclic) bond motifs is 1. The highest BCUT2D eigenvalue weighted by Gasteiger charge is 2.20. The molecule has 22 heavy (non-hydrogen) atoms. The Labute approximate surface area is 134 Å². The van der Waals surface area contributed by atoms with Crippen LogP contribution in [0.15, 0.2) is 29.9 Å². The Morgan fingerprint density at radius 2 is 1.86 bits per heavy atom. The molecule has 0 atom stereocenters. The molecule has 0 unspecified atom stereocenters. The van der Waals surface area contributed by atoms with Gasteiger partial charge in [-0.2, -0.15) is 0 Å². The molecule has 1 saturated heterocycles. The van der Waals surface area contributed by atoms with Crippen LogP contribution in [0.2, 0.25) is 0 Å². The number of aryl methyl sites for hydroxylation is 2. The standard InChI is InChI=1S/C18H19N3S/c1-12-5-6-14(13(2)9-12)15-10-22-18-16(15)17(19-11-20-18)21-7-3-4-8-21/h5-6,9-11H,3-4,7-8H2,1-2H3. The fourth-order valence-electron chi connectivity index (χ4n) is 3.34. The minimum atomic E-state index is 1.09. The number of benzene rings is 1. The van der Waals surface area contributed by atoms with Gasteiger partial charge in [-0.05, 0) is 37.8 Å². The van der Waals surface area contributed by atoms with Gasteiger partial charge in [-0.3, -0.25) is 0 Å². The summed E-state index contributed by atoms with van der Waals surface area (Å²) < 4.78 is 0. The quantitative estimate of drug-likeness (QED) is 0.694. The first-order valence-electron chi connectivity index (χ1n) is 7.79. The highest BCUT2D eigenvalue weighted by molar-refractivity contribution is 7.17. The van der Waals surface area contributed by atoms with Crippen molar-refractivity contribution in [3.05, 3.63) is 41.0 Å². The summed E-state index contributed by atoms with van der Waals surface area (Å²) in [6, 6.07) is 6.66. The summed E-state index contributed by atoms with van der Waals surface area (Å²) in [7, 11) is 0. The predicted octanol–water partition coefficient (Wildman–Crippen LogP) is 4.58. The predicted molar refractivity (Wildman–Crippen MR) is 93.8 cm³/mol. The van der Waals surface area contributed by atoms with Crippen LogP contribution in [-0.4, -0.2) is 23.1 Å². The van der Waals surface area contributed by atoms with Crippen molar-refractivity contribution >= 4 is 27.4 Å². The summed E-state index contributed by atoms with van der Waals surface area (Å²) >= 11 is 1.72. The Kier molecular flexibility index (Phi) is 3.34. The van der Waals surface area contributed by atoms with E-state index < -0.39 is 0 Å². The molecular formula is C18H19N3S. The number of hydrogen-bond donors (Lipinski definition) is 0. The first-order valence-corrected chi connectivity index (χ1v) is 8.67. The lowest BCUT2D eigenvalue weighted by Gasteiger charge is -2.18. The van der Waals surface area contributed by atoms with E-state index in [2.05, 4.69) is 52.3 Å². The van der Waals surface area contributed by atoms with Crippen molar-refractivity contribution in [2.45, 2.75) is 26.7 Å². The molecular weight excluding hydrogens is 290 g/mol. The third-order valence-corrected chi connectivity index (χ3v) is 5.31. The van der Waals surface area contributed by atoms with Crippen molar-refractivity contribution in [2.75, 3.05) is 18.0 Å². The third-order valence-electron chi connectivity index (χ3n) is 4.43. The number of anilines is 1. The first kappa shape index (κ1) is 13.7. The zero-order valence-corrected chi connectivity index (χ0v) is 13.8. The van der Waals surface area contributed by atoms with E-state index in [9.17, 15) is 0 Å². The topological polar surface area (TPSA) is 29.0 Å². The van der Waals surface area contributed by atoms with E-state index in [1.807, 2.05) is 0 Å². The van der Waals surface area contributed by atoms with Crippen molar-refractivity contribution in [1.82, 2.24) is 9.97 Å². The molecule has 4 rings (SSSR count). The smallest absolute Gasteiger partial charge is 0.141 e. The average molecular weight is 309 g/mol. The van der Waals surface area contributed by atoms with Crippen LogP contribution in [-0.2, 0) is 0 Å². The molecule has 0 aliphatic carbocycles. The highest BCUT2D eigenvalue weighted by Crippen LogP contribution is 2.39. The maximum absolute atomic E-state index is 4.62. The number of hydrogen-bond acceptors (Lipinski definition) is 4. The van der Waals surface area contributed by atoms with Gasteiger partial charge in [0.05, 0.1) is 5.39 Å². The molecule has 3 nitrogen and oxygen atoms in total. The van der Waals surface area contributed by atoms with Gasteiger partial charge in [0.2, 0.25) is 0 Å². The largest absolute Gasteiger partial charge is 0.356 e. The number of aromatic nitrogens is 2. The summed E-state index contributed by atoms with van der Waals surface area (Å²) in [6.45, 7) is 6.54. The van der Waals surface area contributed by atoms with Crippen LogP contribution in [0.4, 0.5) is 5.82 Å². The van der Waals surface area contributed by atoms with E-state index in [0.29, 0.717) is 0 Å². The molecule has 2 aromatic heterocycles. The Balaban J connectivity index is 1.94. The average Bonchev–Trinajstić information content (AvgIpc) is 3.16. The van der Waals surface area contributed by atoms with E-state index in [4.69, 9.17) is 0 Å². The van der Waals surface area contributed by atoms with Crippen LogP contribution in [0.1, 0.15) is 24.0 Å². The lowest BCUT2D eigenvalue weighted by atomic mass is 9.99. The molecule has 4 heteroatoms. The minimum absolute atomic E-state index is 1.09. The molecule has 3 heterocycles. The lowest BCUT2D eigenvalue weighted by Crippen LogP contribution is -2.19. The zero-order chi connectivity index (χ0) is 15.1. The van der Waals surface area contributed by atoms with Crippen LogP contribution in [0, 0.1) is 13.8 Å². The number of rotatable bonds is 2. The van der Waals surface area contributed by atoms with Crippen molar-refractivity contribution in [3.8, 4) is 11.1 Å². The van der Waals surface area contributed by atoms with E-state index in [1.54, 1.807) is 17.7 Å². The fraction of sp³-hybridized carbons (Fsp3) is 0.333. The van der Waals surface area contributed by atoms with Crippen LogP contribution in [0.5, 0.6) is 0 Å². The van der Waals surface area contributed by atoms with Gasteiger partial charge in [0, 0.05) is 24.0 Å². The second-order valence-electron chi connectivity index (χ2n) is 6.04. The summed E-state index contributed by atoms with van der Waals surface area (Å²) in [5, 5.41) is 3.46. The first-order chi connectivity index (χ1) is 10.7. The van der Waals surface area contributed by atoms with E-state index in [-0.39, 0.29) is 0 Å². The van der Waals surface area contributed by atoms with Gasteiger partial charge in [0.1, 0.15) is 17.0 Å². The molecule has 1 aromatic carbocycles. The number of thiophene rings is 1. The van der Waals surface area contributed by atoms with Gasteiger partial charge in [-0.15, -0.1) is 11.3 Å². The highest BCUT2D eigenvalue weighted by atomic mass is 32.1. The molecule has 0 N–H and O–H groups in total. The molecule has 1 aliphatic heterocycles. The molecule has 0 radical (unpaired) electrons. The summed E-state index contributed by atoms with van der Waals surface area (Å²) in [6.07, 6.45) is 4.22. The second kappa shape index (κ2) is 5.36. The van der Waals surface area contributed by atoms with Crippen molar-refractivity contribution < 1.29 is 0 Å². The maximum Gasteiger partial charge on any atom is 0.141 e. The molecule has 1 aliphatic rings. The van der Waals surface area contributed by atoms with Crippen LogP contribution in [0.3, 0.4) is 0 Å². The zero-order valence-electron chi connectivity index (χ0n) is 13.0. The second-order valence-corrected chi connectivity index (χ2v) is 6.90. The van der Waals surface area contributed by atoms with E-state index in [0.717, 1.165) is 23.7 Å². The SMILES string of the molecule is Cc1ccc(-c2csc3ncnc(N4CCCC4)c23)c(C)c1. The fourth-order valence-corrected chi connectivity index (χ4v) is 4.24. The minimum Gasteiger partial charge on any atom is -0.356 e. The van der Waals surface area contributed by atoms with E-state index >= 15 is 0 Å². The van der Waals surface area contributed by atoms with Crippen LogP contribution < -0.4 is 4.90 Å². The van der Waals surface area contributed by atoms with Gasteiger partial charge in [0.15, 0.2) is 0 Å². The summed E-state index contributed by atoms with van der Waals surface area (Å²) in [5.41, 5.74) is 5.19. The van der Waals surface area contributed by atoms with Gasteiger partial charge in [-0.25, -0.2) is 9.97 Å². The molecule has 0 bridgehead atoms. The van der Waals surface area contributed by atoms with Gasteiger partial charge < -0.3 is 4.90 Å². The van der Waals surface area contributed by atoms with Crippen molar-refractivity contribution in [3.63, 3.8) is 0 Å². The summed E-state index contributed by atoms with van der Waals surface area (Å²) in [5.74, 6) is 1.11. The van der Waals surface area contributed by atoms with Crippen LogP contribution >= 0.6 is 11.3 Å². The molecule has 0 amide bonds. The Morgan fingerprint density at radius 3 is 2.64 bits per heavy atom. The number of nitrogens with zero attached hydrogens (tertiary/aromatic N) is 3. The molecule has 112 valence electrons. The van der Waals surface area contributed by atoms with E-state index in [1.165, 1.54) is 40.5 Å². The summed E-state index contributed by atoms with van der Waals surface area (Å²) in [4.78, 5) is 12.6. The maximum atomic E-state index is 4.62. The Morgan fingerprint density at radius 1 is 1.05 bits per heavy atom. The van der Waals surface area contributed by atoms with Gasteiger partial charge >= 0.3 is 0 Å². The van der Waals surface area contributed by atoms with Crippen LogP contribution in [0.25, 0.3) is 21.3 Å². The Bertz CT molecular complexity index is 831. The Hall–Kier alpha value is -1.94. The normalized spacial score (nSPS) is 14.9. The van der Waals surface area contributed by atoms with Gasteiger partial charge in [-0.1, -0.05) is 23.8 Å². The molecule has 0 saturated carbocycles. The van der Waals surface area contributed by atoms with Gasteiger partial charge in [0.25, 0.3) is 0 Å². The third kappa shape index (κ3) is 2.18.